The van der Waals surface area contributed by atoms with Crippen LogP contribution in [0.2, 0.25) is 0 Å². The summed E-state index contributed by atoms with van der Waals surface area (Å²) in [5.41, 5.74) is 0. The molecule has 0 fully saturated rings. The van der Waals surface area contributed by atoms with Gasteiger partial charge in [-0.1, -0.05) is 104 Å². The van der Waals surface area contributed by atoms with Gasteiger partial charge in [-0.05, 0) is 32.1 Å². The molecule has 0 bridgehead atoms. The molecular formula is C23H46O2. The van der Waals surface area contributed by atoms with Gasteiger partial charge in [-0.2, -0.15) is 0 Å². The van der Waals surface area contributed by atoms with Crippen molar-refractivity contribution in [2.45, 2.75) is 130 Å². The van der Waals surface area contributed by atoms with E-state index in [2.05, 4.69) is 19.1 Å². The Balaban J connectivity index is 0. The highest BCUT2D eigenvalue weighted by Crippen LogP contribution is 2.12. The van der Waals surface area contributed by atoms with Gasteiger partial charge in [0.05, 0.1) is 0 Å². The summed E-state index contributed by atoms with van der Waals surface area (Å²) in [6, 6.07) is 0. The number of allylic oxidation sites excluding steroid dienone is 2. The van der Waals surface area contributed by atoms with E-state index >= 15 is 0 Å². The first-order chi connectivity index (χ1) is 11.8. The van der Waals surface area contributed by atoms with Crippen LogP contribution in [0.3, 0.4) is 0 Å². The minimum atomic E-state index is -0.656. The molecule has 0 aromatic rings. The monoisotopic (exact) mass is 354 g/mol. The van der Waals surface area contributed by atoms with E-state index in [1.807, 2.05) is 0 Å². The predicted molar refractivity (Wildman–Crippen MR) is 112 cm³/mol. The first-order valence-corrected chi connectivity index (χ1v) is 10.6. The largest absolute Gasteiger partial charge is 0.481 e. The Hall–Kier alpha value is -0.790. The fraction of sp³-hybridized carbons (Fsp3) is 0.870. The summed E-state index contributed by atoms with van der Waals surface area (Å²) in [7, 11) is 0. The van der Waals surface area contributed by atoms with Crippen molar-refractivity contribution in [2.24, 2.45) is 0 Å². The molecule has 0 unspecified atom stereocenters. The van der Waals surface area contributed by atoms with Crippen molar-refractivity contribution in [3.8, 4) is 0 Å². The lowest BCUT2D eigenvalue weighted by Crippen LogP contribution is -1.93. The normalized spacial score (nSPS) is 10.9. The zero-order valence-corrected chi connectivity index (χ0v) is 16.2. The molecule has 2 nitrogen and oxygen atoms in total. The minimum absolute atomic E-state index is 0. The van der Waals surface area contributed by atoms with Crippen molar-refractivity contribution in [3.05, 3.63) is 12.2 Å². The van der Waals surface area contributed by atoms with E-state index in [-0.39, 0.29) is 7.43 Å². The average Bonchev–Trinajstić information content (AvgIpc) is 2.56. The molecule has 0 aromatic heterocycles. The van der Waals surface area contributed by atoms with Crippen LogP contribution in [0.5, 0.6) is 0 Å². The third-order valence-electron chi connectivity index (χ3n) is 4.65. The van der Waals surface area contributed by atoms with Gasteiger partial charge in [0.2, 0.25) is 0 Å². The van der Waals surface area contributed by atoms with Crippen LogP contribution in [0.4, 0.5) is 0 Å². The van der Waals surface area contributed by atoms with Gasteiger partial charge in [0.25, 0.3) is 0 Å². The number of carboxylic acid groups (broad SMARTS) is 1. The molecule has 0 saturated heterocycles. The van der Waals surface area contributed by atoms with Crippen LogP contribution in [-0.4, -0.2) is 11.1 Å². The standard InChI is InChI=1S/C22H42O2.CH4/c1-2-3-4-5-6-7-8-9-10-11-12-13-14-15-16-17-18-19-20-21-22(23)24;/h9-10H,2-8,11-21H2,1H3,(H,23,24);1H4/b10-9-;. The second-order valence-electron chi connectivity index (χ2n) is 7.14. The number of unbranched alkanes of at least 4 members (excludes halogenated alkanes) is 15. The van der Waals surface area contributed by atoms with Gasteiger partial charge >= 0.3 is 5.97 Å². The van der Waals surface area contributed by atoms with Crippen LogP contribution in [0.25, 0.3) is 0 Å². The Morgan fingerprint density at radius 2 is 1.00 bits per heavy atom. The number of hydrogen-bond donors (Lipinski definition) is 1. The molecule has 2 heteroatoms. The van der Waals surface area contributed by atoms with Crippen LogP contribution in [0.15, 0.2) is 12.2 Å². The summed E-state index contributed by atoms with van der Waals surface area (Å²) in [5, 5.41) is 8.55. The number of aliphatic carboxylic acids is 1. The third-order valence-corrected chi connectivity index (χ3v) is 4.65. The Morgan fingerprint density at radius 1 is 0.640 bits per heavy atom. The summed E-state index contributed by atoms with van der Waals surface area (Å²) in [6.45, 7) is 2.27. The molecule has 0 saturated carbocycles. The van der Waals surface area contributed by atoms with Crippen molar-refractivity contribution in [2.75, 3.05) is 0 Å². The lowest BCUT2D eigenvalue weighted by Gasteiger charge is -2.01. The van der Waals surface area contributed by atoms with Crippen LogP contribution in [-0.2, 0) is 4.79 Å². The number of rotatable bonds is 19. The van der Waals surface area contributed by atoms with E-state index in [1.165, 1.54) is 96.3 Å². The first kappa shape index (κ1) is 26.4. The molecule has 0 aliphatic rings. The maximum Gasteiger partial charge on any atom is 0.303 e. The number of carbonyl (C=O) groups is 1. The third kappa shape index (κ3) is 25.6. The van der Waals surface area contributed by atoms with Gasteiger partial charge in [-0.25, -0.2) is 0 Å². The van der Waals surface area contributed by atoms with E-state index in [9.17, 15) is 4.79 Å². The summed E-state index contributed by atoms with van der Waals surface area (Å²) < 4.78 is 0. The SMILES string of the molecule is C.CCCCCCCC/C=C\CCCCCCCCCCCC(=O)O. The topological polar surface area (TPSA) is 37.3 Å². The lowest BCUT2D eigenvalue weighted by atomic mass is 10.1. The van der Waals surface area contributed by atoms with E-state index in [1.54, 1.807) is 0 Å². The molecule has 0 aliphatic heterocycles. The molecule has 0 atom stereocenters. The quantitative estimate of drug-likeness (QED) is 0.187. The van der Waals surface area contributed by atoms with Crippen LogP contribution in [0.1, 0.15) is 130 Å². The van der Waals surface area contributed by atoms with Crippen LogP contribution in [0, 0.1) is 0 Å². The smallest absolute Gasteiger partial charge is 0.303 e. The molecule has 25 heavy (non-hydrogen) atoms. The average molecular weight is 355 g/mol. The molecule has 0 amide bonds. The van der Waals surface area contributed by atoms with Crippen molar-refractivity contribution in [1.82, 2.24) is 0 Å². The number of carboxylic acids is 1. The van der Waals surface area contributed by atoms with Gasteiger partial charge in [0.1, 0.15) is 0 Å². The zero-order chi connectivity index (χ0) is 17.7. The highest BCUT2D eigenvalue weighted by atomic mass is 16.4. The van der Waals surface area contributed by atoms with Crippen LogP contribution >= 0.6 is 0 Å². The molecule has 0 heterocycles. The van der Waals surface area contributed by atoms with Crippen molar-refractivity contribution in [1.29, 1.82) is 0 Å². The highest BCUT2D eigenvalue weighted by molar-refractivity contribution is 5.66. The molecule has 0 aromatic carbocycles. The molecule has 0 radical (unpaired) electrons. The highest BCUT2D eigenvalue weighted by Gasteiger charge is 1.96. The lowest BCUT2D eigenvalue weighted by molar-refractivity contribution is -0.137. The molecule has 0 rings (SSSR count). The Bertz CT molecular complexity index is 284. The van der Waals surface area contributed by atoms with Crippen molar-refractivity contribution < 1.29 is 9.90 Å². The van der Waals surface area contributed by atoms with E-state index in [4.69, 9.17) is 5.11 Å². The fourth-order valence-electron chi connectivity index (χ4n) is 3.05. The van der Waals surface area contributed by atoms with E-state index in [0.717, 1.165) is 12.8 Å². The fourth-order valence-corrected chi connectivity index (χ4v) is 3.05. The van der Waals surface area contributed by atoms with Crippen LogP contribution < -0.4 is 0 Å². The summed E-state index contributed by atoms with van der Waals surface area (Å²) in [5.74, 6) is -0.656. The molecule has 0 aliphatic carbocycles. The minimum Gasteiger partial charge on any atom is -0.481 e. The predicted octanol–water partition coefficient (Wildman–Crippen LogP) is 8.31. The number of hydrogen-bond acceptors (Lipinski definition) is 1. The summed E-state index contributed by atoms with van der Waals surface area (Å²) in [6.07, 6.45) is 27.1. The summed E-state index contributed by atoms with van der Waals surface area (Å²) >= 11 is 0. The van der Waals surface area contributed by atoms with Gasteiger partial charge in [0.15, 0.2) is 0 Å². The Kier molecular flexibility index (Phi) is 24.5. The maximum atomic E-state index is 10.4. The Morgan fingerprint density at radius 3 is 1.40 bits per heavy atom. The van der Waals surface area contributed by atoms with E-state index in [0.29, 0.717) is 6.42 Å². The zero-order valence-electron chi connectivity index (χ0n) is 16.2. The molecular weight excluding hydrogens is 308 g/mol. The van der Waals surface area contributed by atoms with E-state index < -0.39 is 5.97 Å². The summed E-state index contributed by atoms with van der Waals surface area (Å²) in [4.78, 5) is 10.4. The molecule has 0 spiro atoms. The Labute approximate surface area is 158 Å². The molecule has 1 N–H and O–H groups in total. The van der Waals surface area contributed by atoms with Gasteiger partial charge < -0.3 is 5.11 Å². The van der Waals surface area contributed by atoms with Gasteiger partial charge in [0, 0.05) is 6.42 Å². The first-order valence-electron chi connectivity index (χ1n) is 10.6. The van der Waals surface area contributed by atoms with Gasteiger partial charge in [-0.3, -0.25) is 4.79 Å². The second kappa shape index (κ2) is 23.2. The maximum absolute atomic E-state index is 10.4. The second-order valence-corrected chi connectivity index (χ2v) is 7.14. The molecule has 150 valence electrons. The van der Waals surface area contributed by atoms with Gasteiger partial charge in [-0.15, -0.1) is 0 Å². The van der Waals surface area contributed by atoms with Crippen molar-refractivity contribution >= 4 is 5.97 Å². The van der Waals surface area contributed by atoms with Crippen molar-refractivity contribution in [3.63, 3.8) is 0 Å².